The van der Waals surface area contributed by atoms with Gasteiger partial charge in [0.25, 0.3) is 0 Å². The van der Waals surface area contributed by atoms with Gasteiger partial charge in [-0.2, -0.15) is 0 Å². The molecule has 2 nitrogen and oxygen atoms in total. The Labute approximate surface area is 163 Å². The molecule has 0 aromatic heterocycles. The lowest BCUT2D eigenvalue weighted by molar-refractivity contribution is 0.441. The van der Waals surface area contributed by atoms with Crippen LogP contribution in [0.4, 0.5) is 0 Å². The normalized spacial score (nSPS) is 13.8. The van der Waals surface area contributed by atoms with Gasteiger partial charge in [0.05, 0.1) is 0 Å². The molecule has 0 aliphatic carbocycles. The average molecular weight is 361 g/mol. The molecule has 0 spiro atoms. The third-order valence-electron chi connectivity index (χ3n) is 6.14. The molecular weight excluding hydrogens is 316 g/mol. The summed E-state index contributed by atoms with van der Waals surface area (Å²) < 4.78 is 0. The lowest BCUT2D eigenvalue weighted by Crippen LogP contribution is -2.16. The smallest absolute Gasteiger partial charge is 0.0183 e. The summed E-state index contributed by atoms with van der Waals surface area (Å²) >= 11 is 0. The van der Waals surface area contributed by atoms with Gasteiger partial charge in [-0.15, -0.1) is 0 Å². The molecule has 1 aromatic rings. The third kappa shape index (κ3) is 7.04. The van der Waals surface area contributed by atoms with E-state index in [9.17, 15) is 0 Å². The zero-order valence-corrected chi connectivity index (χ0v) is 17.9. The molecule has 0 amide bonds. The summed E-state index contributed by atoms with van der Waals surface area (Å²) in [6, 6.07) is 4.60. The van der Waals surface area contributed by atoms with Crippen molar-refractivity contribution in [3.05, 3.63) is 34.4 Å². The molecule has 150 valence electrons. The minimum absolute atomic E-state index is 0.625. The number of unbranched alkanes of at least 4 members (excludes halogenated alkanes) is 2. The molecule has 2 unspecified atom stereocenters. The Balaban J connectivity index is 3.09. The molecule has 0 bridgehead atoms. The highest BCUT2D eigenvalue weighted by Crippen LogP contribution is 2.29. The van der Waals surface area contributed by atoms with Crippen LogP contribution < -0.4 is 11.5 Å². The van der Waals surface area contributed by atoms with Crippen molar-refractivity contribution in [2.24, 2.45) is 23.3 Å². The highest BCUT2D eigenvalue weighted by molar-refractivity contribution is 5.42. The molecule has 4 N–H and O–H groups in total. The van der Waals surface area contributed by atoms with Gasteiger partial charge >= 0.3 is 0 Å². The molecule has 0 aliphatic rings. The van der Waals surface area contributed by atoms with Crippen LogP contribution in [0.3, 0.4) is 0 Å². The van der Waals surface area contributed by atoms with E-state index in [1.807, 2.05) is 0 Å². The van der Waals surface area contributed by atoms with Crippen molar-refractivity contribution in [3.63, 3.8) is 0 Å². The highest BCUT2D eigenvalue weighted by Gasteiger charge is 2.18. The minimum atomic E-state index is 0.625. The van der Waals surface area contributed by atoms with Crippen LogP contribution in [0.15, 0.2) is 12.1 Å². The first-order valence-electron chi connectivity index (χ1n) is 11.2. The molecule has 1 rings (SSSR count). The van der Waals surface area contributed by atoms with Crippen LogP contribution >= 0.6 is 0 Å². The Morgan fingerprint density at radius 3 is 1.69 bits per heavy atom. The second kappa shape index (κ2) is 13.3. The fourth-order valence-corrected chi connectivity index (χ4v) is 4.17. The van der Waals surface area contributed by atoms with E-state index in [2.05, 4.69) is 39.8 Å². The van der Waals surface area contributed by atoms with Gasteiger partial charge in [0.2, 0.25) is 0 Å². The van der Waals surface area contributed by atoms with Gasteiger partial charge in [-0.25, -0.2) is 0 Å². The van der Waals surface area contributed by atoms with Crippen molar-refractivity contribution >= 4 is 0 Å². The van der Waals surface area contributed by atoms with Crippen molar-refractivity contribution in [3.8, 4) is 0 Å². The molecule has 0 heterocycles. The summed E-state index contributed by atoms with van der Waals surface area (Å²) in [6.07, 6.45) is 12.7. The lowest BCUT2D eigenvalue weighted by Gasteiger charge is -2.24. The number of nitrogens with two attached hydrogens (primary N) is 2. The number of hydrogen-bond donors (Lipinski definition) is 2. The fourth-order valence-electron chi connectivity index (χ4n) is 4.17. The monoisotopic (exact) mass is 360 g/mol. The molecule has 26 heavy (non-hydrogen) atoms. The number of rotatable bonds is 14. The van der Waals surface area contributed by atoms with Crippen LogP contribution in [0.5, 0.6) is 0 Å². The van der Waals surface area contributed by atoms with Crippen LogP contribution in [0.2, 0.25) is 0 Å². The number of benzene rings is 1. The van der Waals surface area contributed by atoms with Gasteiger partial charge in [0, 0.05) is 13.1 Å². The van der Waals surface area contributed by atoms with Crippen LogP contribution in [-0.2, 0) is 25.9 Å². The van der Waals surface area contributed by atoms with Crippen molar-refractivity contribution < 1.29 is 0 Å². The van der Waals surface area contributed by atoms with E-state index in [1.54, 1.807) is 0 Å². The Hall–Kier alpha value is -0.860. The largest absolute Gasteiger partial charge is 0.326 e. The molecule has 2 atom stereocenters. The second-order valence-corrected chi connectivity index (χ2v) is 7.99. The lowest BCUT2D eigenvalue weighted by atomic mass is 9.83. The van der Waals surface area contributed by atoms with Crippen molar-refractivity contribution in [1.82, 2.24) is 0 Å². The predicted molar refractivity (Wildman–Crippen MR) is 116 cm³/mol. The zero-order valence-electron chi connectivity index (χ0n) is 17.9. The van der Waals surface area contributed by atoms with Crippen molar-refractivity contribution in [2.75, 3.05) is 0 Å². The van der Waals surface area contributed by atoms with E-state index >= 15 is 0 Å². The van der Waals surface area contributed by atoms with Crippen molar-refractivity contribution in [2.45, 2.75) is 105 Å². The summed E-state index contributed by atoms with van der Waals surface area (Å²) in [6.45, 7) is 10.5. The summed E-state index contributed by atoms with van der Waals surface area (Å²) in [7, 11) is 0. The molecule has 0 aliphatic heterocycles. The Kier molecular flexibility index (Phi) is 11.9. The topological polar surface area (TPSA) is 52.0 Å². The van der Waals surface area contributed by atoms with Gasteiger partial charge in [0.1, 0.15) is 0 Å². The van der Waals surface area contributed by atoms with Crippen LogP contribution in [0, 0.1) is 11.8 Å². The molecule has 1 aromatic carbocycles. The molecule has 0 fully saturated rings. The van der Waals surface area contributed by atoms with Gasteiger partial charge in [0.15, 0.2) is 0 Å². The first-order valence-corrected chi connectivity index (χ1v) is 11.2. The SMILES string of the molecule is CCCCC(CC)Cc1ccc(CN)c(CC(CC)CCCC)c1CN. The molecule has 2 heteroatoms. The molecule has 0 saturated carbocycles. The zero-order chi connectivity index (χ0) is 19.4. The van der Waals surface area contributed by atoms with E-state index in [0.29, 0.717) is 13.1 Å². The number of hydrogen-bond acceptors (Lipinski definition) is 2. The van der Waals surface area contributed by atoms with Gasteiger partial charge in [-0.05, 0) is 46.9 Å². The summed E-state index contributed by atoms with van der Waals surface area (Å²) in [5, 5.41) is 0. The second-order valence-electron chi connectivity index (χ2n) is 7.99. The fraction of sp³-hybridized carbons (Fsp3) is 0.750. The van der Waals surface area contributed by atoms with E-state index < -0.39 is 0 Å². The summed E-state index contributed by atoms with van der Waals surface area (Å²) in [5.74, 6) is 1.53. The third-order valence-corrected chi connectivity index (χ3v) is 6.14. The Morgan fingerprint density at radius 2 is 1.23 bits per heavy atom. The van der Waals surface area contributed by atoms with Crippen LogP contribution in [-0.4, -0.2) is 0 Å². The van der Waals surface area contributed by atoms with Crippen molar-refractivity contribution in [1.29, 1.82) is 0 Å². The van der Waals surface area contributed by atoms with E-state index in [1.165, 1.54) is 80.0 Å². The minimum Gasteiger partial charge on any atom is -0.326 e. The van der Waals surface area contributed by atoms with Gasteiger partial charge < -0.3 is 11.5 Å². The van der Waals surface area contributed by atoms with Gasteiger partial charge in [-0.3, -0.25) is 0 Å². The van der Waals surface area contributed by atoms with Gasteiger partial charge in [-0.1, -0.05) is 91.2 Å². The summed E-state index contributed by atoms with van der Waals surface area (Å²) in [5.41, 5.74) is 18.0. The van der Waals surface area contributed by atoms with Crippen LogP contribution in [0.1, 0.15) is 101 Å². The molecule has 0 radical (unpaired) electrons. The molecule has 0 saturated heterocycles. The quantitative estimate of drug-likeness (QED) is 0.420. The summed E-state index contributed by atoms with van der Waals surface area (Å²) in [4.78, 5) is 0. The average Bonchev–Trinajstić information content (AvgIpc) is 2.68. The maximum Gasteiger partial charge on any atom is 0.0183 e. The van der Waals surface area contributed by atoms with Crippen LogP contribution in [0.25, 0.3) is 0 Å². The maximum absolute atomic E-state index is 6.27. The van der Waals surface area contributed by atoms with E-state index in [-0.39, 0.29) is 0 Å². The first-order chi connectivity index (χ1) is 12.6. The van der Waals surface area contributed by atoms with E-state index in [4.69, 9.17) is 11.5 Å². The Morgan fingerprint density at radius 1 is 0.692 bits per heavy atom. The maximum atomic E-state index is 6.27. The predicted octanol–water partition coefficient (Wildman–Crippen LogP) is 6.12. The Bertz CT molecular complexity index is 495. The highest BCUT2D eigenvalue weighted by atomic mass is 14.6. The molecular formula is C24H44N2. The van der Waals surface area contributed by atoms with E-state index in [0.717, 1.165) is 18.3 Å². The first kappa shape index (κ1) is 23.2. The standard InChI is InChI=1S/C24H44N2/c1-5-9-11-19(7-3)15-21-13-14-22(17-25)23(24(21)18-26)16-20(8-4)12-10-6-2/h13-14,19-20H,5-12,15-18,25-26H2,1-4H3.